The number of hydrogen-bond acceptors (Lipinski definition) is 6. The van der Waals surface area contributed by atoms with Crippen LogP contribution in [0, 0.1) is 10.1 Å². The molecular formula is C20H18N6O5. The highest BCUT2D eigenvalue weighted by Crippen LogP contribution is 2.17. The number of nitro benzene ring substituents is 1. The number of primary amides is 1. The van der Waals surface area contributed by atoms with Gasteiger partial charge >= 0.3 is 0 Å². The Bertz CT molecular complexity index is 1140. The van der Waals surface area contributed by atoms with Crippen LogP contribution in [0.4, 0.5) is 11.4 Å². The van der Waals surface area contributed by atoms with Gasteiger partial charge in [-0.05, 0) is 30.3 Å². The summed E-state index contributed by atoms with van der Waals surface area (Å²) in [6, 6.07) is 13.6. The van der Waals surface area contributed by atoms with E-state index in [1.807, 2.05) is 0 Å². The van der Waals surface area contributed by atoms with Crippen molar-refractivity contribution < 1.29 is 19.3 Å². The zero-order valence-corrected chi connectivity index (χ0v) is 16.1. The first-order valence-corrected chi connectivity index (χ1v) is 9.12. The predicted octanol–water partition coefficient (Wildman–Crippen LogP) is 1.64. The number of nitro groups is 1. The summed E-state index contributed by atoms with van der Waals surface area (Å²) >= 11 is 0. The molecule has 0 radical (unpaired) electrons. The largest absolute Gasteiger partial charge is 0.370 e. The summed E-state index contributed by atoms with van der Waals surface area (Å²) in [6.45, 7) is 0.0795. The molecule has 0 aliphatic carbocycles. The number of nitrogens with one attached hydrogen (secondary N) is 2. The Labute approximate surface area is 176 Å². The monoisotopic (exact) mass is 422 g/mol. The zero-order valence-electron chi connectivity index (χ0n) is 16.1. The summed E-state index contributed by atoms with van der Waals surface area (Å²) in [6.07, 6.45) is 1.54. The van der Waals surface area contributed by atoms with Crippen LogP contribution < -0.4 is 16.4 Å². The molecule has 0 spiro atoms. The number of non-ortho nitro benzene ring substituents is 1. The van der Waals surface area contributed by atoms with Crippen LogP contribution in [0.2, 0.25) is 0 Å². The van der Waals surface area contributed by atoms with Gasteiger partial charge in [-0.1, -0.05) is 12.1 Å². The Balaban J connectivity index is 1.72. The molecule has 0 unspecified atom stereocenters. The van der Waals surface area contributed by atoms with Gasteiger partial charge in [0.05, 0.1) is 21.9 Å². The molecule has 1 heterocycles. The van der Waals surface area contributed by atoms with Gasteiger partial charge in [-0.3, -0.25) is 24.5 Å². The Morgan fingerprint density at radius 3 is 2.42 bits per heavy atom. The maximum Gasteiger partial charge on any atom is 0.276 e. The van der Waals surface area contributed by atoms with Gasteiger partial charge in [0.15, 0.2) is 5.69 Å². The van der Waals surface area contributed by atoms with E-state index in [9.17, 15) is 24.5 Å². The number of para-hydroxylation sites is 1. The van der Waals surface area contributed by atoms with Crippen LogP contribution >= 0.6 is 0 Å². The Morgan fingerprint density at radius 1 is 1.03 bits per heavy atom. The number of carbonyl (C=O) groups excluding carboxylic acids is 3. The maximum absolute atomic E-state index is 12.6. The topological polar surface area (TPSA) is 162 Å². The number of benzene rings is 2. The first-order chi connectivity index (χ1) is 14.8. The Hall–Kier alpha value is -4.54. The smallest absolute Gasteiger partial charge is 0.276 e. The summed E-state index contributed by atoms with van der Waals surface area (Å²) in [4.78, 5) is 46.0. The molecule has 0 saturated heterocycles. The molecule has 0 aliphatic heterocycles. The lowest BCUT2D eigenvalue weighted by atomic mass is 10.1. The third kappa shape index (κ3) is 5.29. The normalized spacial score (nSPS) is 10.3. The van der Waals surface area contributed by atoms with Crippen molar-refractivity contribution in [3.8, 4) is 5.69 Å². The fraction of sp³-hybridized carbons (Fsp3) is 0.100. The van der Waals surface area contributed by atoms with Crippen LogP contribution in [-0.2, 0) is 4.79 Å². The van der Waals surface area contributed by atoms with Crippen molar-refractivity contribution in [2.75, 3.05) is 11.9 Å². The highest BCUT2D eigenvalue weighted by molar-refractivity contribution is 6.08. The van der Waals surface area contributed by atoms with Crippen molar-refractivity contribution in [3.63, 3.8) is 0 Å². The number of amides is 3. The van der Waals surface area contributed by atoms with Crippen LogP contribution in [0.3, 0.4) is 0 Å². The number of anilines is 1. The van der Waals surface area contributed by atoms with Gasteiger partial charge in [-0.15, -0.1) is 0 Å². The minimum Gasteiger partial charge on any atom is -0.370 e. The molecule has 0 bridgehead atoms. The highest BCUT2D eigenvalue weighted by atomic mass is 16.6. The van der Waals surface area contributed by atoms with Crippen LogP contribution in [0.5, 0.6) is 0 Å². The molecule has 1 aromatic heterocycles. The number of nitrogens with zero attached hydrogens (tertiary/aromatic N) is 3. The lowest BCUT2D eigenvalue weighted by molar-refractivity contribution is -0.384. The van der Waals surface area contributed by atoms with Crippen molar-refractivity contribution in [3.05, 3.63) is 82.2 Å². The minimum atomic E-state index is -0.543. The standard InChI is InChI=1S/C20H18N6O5/c21-18(27)9-11-22-19(28)15-3-1-2-4-16(15)23-20(29)17-10-12-25(24-17)13-5-7-14(8-6-13)26(30)31/h1-8,10,12H,9,11H2,(H2,21,27)(H,22,28)(H,23,29). The van der Waals surface area contributed by atoms with E-state index in [4.69, 9.17) is 5.73 Å². The van der Waals surface area contributed by atoms with E-state index >= 15 is 0 Å². The summed E-state index contributed by atoms with van der Waals surface area (Å²) in [7, 11) is 0. The van der Waals surface area contributed by atoms with Gasteiger partial charge in [-0.25, -0.2) is 4.68 Å². The number of hydrogen-bond donors (Lipinski definition) is 3. The van der Waals surface area contributed by atoms with Gasteiger partial charge in [0, 0.05) is 31.3 Å². The fourth-order valence-electron chi connectivity index (χ4n) is 2.69. The fourth-order valence-corrected chi connectivity index (χ4v) is 2.69. The molecule has 3 rings (SSSR count). The van der Waals surface area contributed by atoms with E-state index < -0.39 is 22.6 Å². The average Bonchev–Trinajstić information content (AvgIpc) is 3.24. The maximum atomic E-state index is 12.6. The number of rotatable bonds is 8. The highest BCUT2D eigenvalue weighted by Gasteiger charge is 2.16. The Morgan fingerprint density at radius 2 is 1.74 bits per heavy atom. The van der Waals surface area contributed by atoms with Gasteiger partial charge in [-0.2, -0.15) is 5.10 Å². The second-order valence-electron chi connectivity index (χ2n) is 6.39. The summed E-state index contributed by atoms with van der Waals surface area (Å²) in [5.41, 5.74) is 6.12. The van der Waals surface area contributed by atoms with Gasteiger partial charge in [0.1, 0.15) is 0 Å². The van der Waals surface area contributed by atoms with Gasteiger partial charge < -0.3 is 16.4 Å². The second kappa shape index (κ2) is 9.31. The summed E-state index contributed by atoms with van der Waals surface area (Å²) in [5.74, 6) is -1.54. The lowest BCUT2D eigenvalue weighted by Crippen LogP contribution is -2.29. The molecule has 4 N–H and O–H groups in total. The number of carbonyl (C=O) groups is 3. The molecule has 11 heteroatoms. The van der Waals surface area contributed by atoms with Crippen molar-refractivity contribution >= 4 is 29.1 Å². The zero-order chi connectivity index (χ0) is 22.4. The van der Waals surface area contributed by atoms with E-state index in [0.717, 1.165) is 0 Å². The first-order valence-electron chi connectivity index (χ1n) is 9.12. The quantitative estimate of drug-likeness (QED) is 0.369. The third-order valence-corrected chi connectivity index (χ3v) is 4.22. The summed E-state index contributed by atoms with van der Waals surface area (Å²) < 4.78 is 1.40. The molecule has 0 aliphatic rings. The molecule has 3 amide bonds. The van der Waals surface area contributed by atoms with Crippen LogP contribution in [0.1, 0.15) is 27.3 Å². The molecule has 31 heavy (non-hydrogen) atoms. The number of nitrogens with two attached hydrogens (primary N) is 1. The average molecular weight is 422 g/mol. The molecule has 3 aromatic rings. The second-order valence-corrected chi connectivity index (χ2v) is 6.39. The third-order valence-electron chi connectivity index (χ3n) is 4.22. The van der Waals surface area contributed by atoms with E-state index in [1.165, 1.54) is 41.1 Å². The van der Waals surface area contributed by atoms with Crippen LogP contribution in [0.25, 0.3) is 5.69 Å². The molecule has 0 saturated carbocycles. The SMILES string of the molecule is NC(=O)CCNC(=O)c1ccccc1NC(=O)c1ccn(-c2ccc([N+](=O)[O-])cc2)n1. The van der Waals surface area contributed by atoms with Gasteiger partial charge in [0.25, 0.3) is 17.5 Å². The molecular weight excluding hydrogens is 404 g/mol. The van der Waals surface area contributed by atoms with Gasteiger partial charge in [0.2, 0.25) is 5.91 Å². The van der Waals surface area contributed by atoms with E-state index in [2.05, 4.69) is 15.7 Å². The molecule has 11 nitrogen and oxygen atoms in total. The number of aromatic nitrogens is 2. The summed E-state index contributed by atoms with van der Waals surface area (Å²) in [5, 5.41) is 20.1. The first kappa shape index (κ1) is 21.2. The van der Waals surface area contributed by atoms with Crippen molar-refractivity contribution in [1.82, 2.24) is 15.1 Å². The van der Waals surface area contributed by atoms with E-state index in [1.54, 1.807) is 24.4 Å². The van der Waals surface area contributed by atoms with Crippen LogP contribution in [0.15, 0.2) is 60.8 Å². The molecule has 158 valence electrons. The van der Waals surface area contributed by atoms with Crippen LogP contribution in [-0.4, -0.2) is 39.0 Å². The molecule has 0 atom stereocenters. The van der Waals surface area contributed by atoms with Crippen molar-refractivity contribution in [1.29, 1.82) is 0 Å². The van der Waals surface area contributed by atoms with Crippen molar-refractivity contribution in [2.45, 2.75) is 6.42 Å². The van der Waals surface area contributed by atoms with E-state index in [-0.39, 0.29) is 35.6 Å². The van der Waals surface area contributed by atoms with Crippen molar-refractivity contribution in [2.24, 2.45) is 5.73 Å². The Kier molecular flexibility index (Phi) is 6.36. The molecule has 2 aromatic carbocycles. The lowest BCUT2D eigenvalue weighted by Gasteiger charge is -2.10. The van der Waals surface area contributed by atoms with E-state index in [0.29, 0.717) is 5.69 Å². The minimum absolute atomic E-state index is 0.000342. The predicted molar refractivity (Wildman–Crippen MR) is 111 cm³/mol. The molecule has 0 fully saturated rings.